The number of methoxy groups -OCH3 is 1. The normalized spacial score (nSPS) is 36.9. The SMILES string of the molecule is CO[C@@H]1[C@@H](OC(C)=O)[C@H](N=[N+]=[N-])[C@@H](C)OC1(O)C(C)=O. The summed E-state index contributed by atoms with van der Waals surface area (Å²) in [5.41, 5.74) is 8.58. The summed E-state index contributed by atoms with van der Waals surface area (Å²) in [6, 6.07) is -0.923. The Morgan fingerprint density at radius 2 is 2.05 bits per heavy atom. The molecule has 0 aromatic heterocycles. The van der Waals surface area contributed by atoms with Crippen molar-refractivity contribution >= 4 is 11.8 Å². The average Bonchev–Trinajstić information content (AvgIpc) is 2.33. The van der Waals surface area contributed by atoms with E-state index in [-0.39, 0.29) is 0 Å². The molecule has 1 rings (SSSR count). The van der Waals surface area contributed by atoms with Gasteiger partial charge in [-0.1, -0.05) is 5.11 Å². The Morgan fingerprint density at radius 1 is 1.45 bits per heavy atom. The molecule has 0 amide bonds. The Kier molecular flexibility index (Phi) is 5.07. The van der Waals surface area contributed by atoms with Crippen LogP contribution in [0.25, 0.3) is 10.4 Å². The van der Waals surface area contributed by atoms with Gasteiger partial charge in [0.25, 0.3) is 5.79 Å². The first-order valence-corrected chi connectivity index (χ1v) is 5.93. The van der Waals surface area contributed by atoms with Crippen LogP contribution in [-0.4, -0.2) is 54.1 Å². The van der Waals surface area contributed by atoms with E-state index < -0.39 is 41.9 Å². The van der Waals surface area contributed by atoms with Gasteiger partial charge in [0.2, 0.25) is 0 Å². The van der Waals surface area contributed by atoms with Crippen LogP contribution in [0.2, 0.25) is 0 Å². The first kappa shape index (κ1) is 16.4. The number of carbonyl (C=O) groups excluding carboxylic acids is 2. The second-order valence-electron chi connectivity index (χ2n) is 4.50. The summed E-state index contributed by atoms with van der Waals surface area (Å²) in [5, 5.41) is 13.8. The molecule has 1 heterocycles. The van der Waals surface area contributed by atoms with Gasteiger partial charge >= 0.3 is 5.97 Å². The van der Waals surface area contributed by atoms with E-state index in [1.807, 2.05) is 0 Å². The molecule has 0 aliphatic carbocycles. The van der Waals surface area contributed by atoms with Crippen molar-refractivity contribution in [2.45, 2.75) is 50.9 Å². The number of ether oxygens (including phenoxy) is 3. The molecule has 0 aromatic carbocycles. The lowest BCUT2D eigenvalue weighted by atomic mass is 9.89. The fraction of sp³-hybridized carbons (Fsp3) is 0.818. The fourth-order valence-electron chi connectivity index (χ4n) is 2.21. The molecule has 1 saturated heterocycles. The van der Waals surface area contributed by atoms with Crippen LogP contribution in [0.5, 0.6) is 0 Å². The topological polar surface area (TPSA) is 131 Å². The maximum absolute atomic E-state index is 11.6. The van der Waals surface area contributed by atoms with E-state index in [4.69, 9.17) is 19.7 Å². The van der Waals surface area contributed by atoms with Gasteiger partial charge in [-0.2, -0.15) is 0 Å². The Hall–Kier alpha value is -1.67. The number of hydrogen-bond acceptors (Lipinski definition) is 7. The van der Waals surface area contributed by atoms with Crippen molar-refractivity contribution in [3.63, 3.8) is 0 Å². The van der Waals surface area contributed by atoms with Gasteiger partial charge in [0.05, 0.1) is 6.10 Å². The van der Waals surface area contributed by atoms with Crippen molar-refractivity contribution in [2.75, 3.05) is 7.11 Å². The molecule has 1 aliphatic heterocycles. The smallest absolute Gasteiger partial charge is 0.303 e. The number of rotatable bonds is 4. The molecular formula is C11H17N3O6. The molecule has 5 atom stereocenters. The van der Waals surface area contributed by atoms with Crippen molar-refractivity contribution in [3.05, 3.63) is 10.4 Å². The zero-order valence-corrected chi connectivity index (χ0v) is 11.6. The summed E-state index contributed by atoms with van der Waals surface area (Å²) in [4.78, 5) is 25.5. The Balaban J connectivity index is 3.26. The minimum atomic E-state index is -2.27. The maximum Gasteiger partial charge on any atom is 0.303 e. The van der Waals surface area contributed by atoms with E-state index >= 15 is 0 Å². The molecule has 0 aromatic rings. The van der Waals surface area contributed by atoms with Gasteiger partial charge in [-0.3, -0.25) is 9.59 Å². The van der Waals surface area contributed by atoms with Crippen molar-refractivity contribution in [1.29, 1.82) is 0 Å². The average molecular weight is 287 g/mol. The summed E-state index contributed by atoms with van der Waals surface area (Å²) in [5.74, 6) is -3.63. The monoisotopic (exact) mass is 287 g/mol. The van der Waals surface area contributed by atoms with Crippen LogP contribution >= 0.6 is 0 Å². The quantitative estimate of drug-likeness (QED) is 0.342. The minimum Gasteiger partial charge on any atom is -0.459 e. The van der Waals surface area contributed by atoms with E-state index in [1.165, 1.54) is 14.0 Å². The van der Waals surface area contributed by atoms with Gasteiger partial charge < -0.3 is 19.3 Å². The third-order valence-corrected chi connectivity index (χ3v) is 3.11. The van der Waals surface area contributed by atoms with Gasteiger partial charge in [0.1, 0.15) is 12.1 Å². The summed E-state index contributed by atoms with van der Waals surface area (Å²) < 4.78 is 15.3. The molecule has 112 valence electrons. The predicted octanol–water partition coefficient (Wildman–Crippen LogP) is 0.308. The third-order valence-electron chi connectivity index (χ3n) is 3.11. The fourth-order valence-corrected chi connectivity index (χ4v) is 2.21. The first-order chi connectivity index (χ1) is 9.27. The zero-order chi connectivity index (χ0) is 15.5. The van der Waals surface area contributed by atoms with Crippen molar-refractivity contribution in [1.82, 2.24) is 0 Å². The second-order valence-corrected chi connectivity index (χ2v) is 4.50. The number of hydrogen-bond donors (Lipinski definition) is 1. The highest BCUT2D eigenvalue weighted by atomic mass is 16.7. The van der Waals surface area contributed by atoms with Gasteiger partial charge in [-0.05, 0) is 12.5 Å². The summed E-state index contributed by atoms with van der Waals surface area (Å²) in [6.07, 6.45) is -3.27. The lowest BCUT2D eigenvalue weighted by Crippen LogP contribution is -2.67. The lowest BCUT2D eigenvalue weighted by Gasteiger charge is -2.46. The maximum atomic E-state index is 11.6. The zero-order valence-electron chi connectivity index (χ0n) is 11.6. The number of azide groups is 1. The number of aliphatic hydroxyl groups is 1. The summed E-state index contributed by atoms with van der Waals surface area (Å²) in [6.45, 7) is 3.78. The molecule has 20 heavy (non-hydrogen) atoms. The molecule has 1 fully saturated rings. The van der Waals surface area contributed by atoms with Crippen LogP contribution in [0, 0.1) is 0 Å². The Labute approximate surface area is 115 Å². The number of ketones is 1. The van der Waals surface area contributed by atoms with E-state index in [0.717, 1.165) is 13.8 Å². The molecule has 9 nitrogen and oxygen atoms in total. The Morgan fingerprint density at radius 3 is 2.45 bits per heavy atom. The van der Waals surface area contributed by atoms with Crippen LogP contribution in [0.3, 0.4) is 0 Å². The lowest BCUT2D eigenvalue weighted by molar-refractivity contribution is -0.309. The van der Waals surface area contributed by atoms with Crippen LogP contribution in [0.1, 0.15) is 20.8 Å². The number of Topliss-reactive ketones (excluding diaryl/α,β-unsaturated/α-hetero) is 1. The minimum absolute atomic E-state index is 0.657. The standard InChI is InChI=1S/C11H17N3O6/c1-5-8(13-14-12)9(19-7(3)16)10(18-4)11(17,20-5)6(2)15/h5,8-10,17H,1-4H3/t5-,8-,9+,10-,11?/m1/s1. The highest BCUT2D eigenvalue weighted by Gasteiger charge is 2.57. The van der Waals surface area contributed by atoms with Crippen molar-refractivity contribution < 1.29 is 28.9 Å². The molecule has 1 aliphatic rings. The van der Waals surface area contributed by atoms with Crippen LogP contribution < -0.4 is 0 Å². The summed E-state index contributed by atoms with van der Waals surface area (Å²) >= 11 is 0. The van der Waals surface area contributed by atoms with Crippen molar-refractivity contribution in [3.8, 4) is 0 Å². The molecule has 9 heteroatoms. The van der Waals surface area contributed by atoms with E-state index in [9.17, 15) is 14.7 Å². The molecule has 0 saturated carbocycles. The predicted molar refractivity (Wildman–Crippen MR) is 65.5 cm³/mol. The Bertz CT molecular complexity index is 449. The van der Waals surface area contributed by atoms with Gasteiger partial charge in [0, 0.05) is 25.9 Å². The number of carbonyl (C=O) groups is 2. The van der Waals surface area contributed by atoms with Crippen LogP contribution in [0.4, 0.5) is 0 Å². The van der Waals surface area contributed by atoms with Gasteiger partial charge in [0.15, 0.2) is 11.9 Å². The number of esters is 1. The largest absolute Gasteiger partial charge is 0.459 e. The van der Waals surface area contributed by atoms with Gasteiger partial charge in [-0.25, -0.2) is 0 Å². The molecule has 1 N–H and O–H groups in total. The summed E-state index contributed by atoms with van der Waals surface area (Å²) in [7, 11) is 1.22. The molecule has 0 spiro atoms. The van der Waals surface area contributed by atoms with E-state index in [1.54, 1.807) is 0 Å². The van der Waals surface area contributed by atoms with Crippen LogP contribution in [-0.2, 0) is 23.8 Å². The molecule has 0 radical (unpaired) electrons. The third kappa shape index (κ3) is 2.91. The molecular weight excluding hydrogens is 270 g/mol. The highest BCUT2D eigenvalue weighted by Crippen LogP contribution is 2.34. The first-order valence-electron chi connectivity index (χ1n) is 5.93. The highest BCUT2D eigenvalue weighted by molar-refractivity contribution is 5.84. The molecule has 0 bridgehead atoms. The van der Waals surface area contributed by atoms with Crippen molar-refractivity contribution in [2.24, 2.45) is 5.11 Å². The molecule has 1 unspecified atom stereocenters. The van der Waals surface area contributed by atoms with E-state index in [2.05, 4.69) is 10.0 Å². The van der Waals surface area contributed by atoms with E-state index in [0.29, 0.717) is 0 Å². The second kappa shape index (κ2) is 6.19. The van der Waals surface area contributed by atoms with Crippen LogP contribution in [0.15, 0.2) is 5.11 Å². The van der Waals surface area contributed by atoms with Gasteiger partial charge in [-0.15, -0.1) is 0 Å². The number of nitrogens with zero attached hydrogens (tertiary/aromatic N) is 3.